The van der Waals surface area contributed by atoms with Gasteiger partial charge in [-0.3, -0.25) is 14.8 Å². The van der Waals surface area contributed by atoms with Crippen molar-refractivity contribution < 1.29 is 14.7 Å². The zero-order chi connectivity index (χ0) is 23.2. The van der Waals surface area contributed by atoms with Crippen LogP contribution in [0.1, 0.15) is 30.9 Å². The van der Waals surface area contributed by atoms with Gasteiger partial charge >= 0.3 is 5.69 Å². The number of para-hydroxylation sites is 2. The SMILES string of the molecule is CCOc1ccccc1-n1c(O)c(C=NC2CC[NH+](Cc3ccccc3)CC2)c(=O)[nH]c1=O. The Kier molecular flexibility index (Phi) is 7.04. The Balaban J connectivity index is 1.52. The van der Waals surface area contributed by atoms with Crippen molar-refractivity contribution in [3.8, 4) is 17.3 Å². The highest BCUT2D eigenvalue weighted by Gasteiger charge is 2.22. The van der Waals surface area contributed by atoms with Crippen LogP contribution < -0.4 is 20.9 Å². The van der Waals surface area contributed by atoms with E-state index in [0.29, 0.717) is 18.0 Å². The van der Waals surface area contributed by atoms with Gasteiger partial charge in [-0.2, -0.15) is 0 Å². The molecule has 1 fully saturated rings. The van der Waals surface area contributed by atoms with Crippen LogP contribution in [0.2, 0.25) is 0 Å². The van der Waals surface area contributed by atoms with Crippen LogP contribution in [-0.4, -0.2) is 46.6 Å². The van der Waals surface area contributed by atoms with Gasteiger partial charge in [-0.25, -0.2) is 9.36 Å². The highest BCUT2D eigenvalue weighted by atomic mass is 16.5. The van der Waals surface area contributed by atoms with Crippen molar-refractivity contribution in [3.63, 3.8) is 0 Å². The summed E-state index contributed by atoms with van der Waals surface area (Å²) >= 11 is 0. The number of aliphatic imine (C=N–C) groups is 1. The van der Waals surface area contributed by atoms with E-state index in [-0.39, 0.29) is 11.6 Å². The third kappa shape index (κ3) is 5.23. The summed E-state index contributed by atoms with van der Waals surface area (Å²) in [5.74, 6) is -0.0205. The Morgan fingerprint density at radius 1 is 1.12 bits per heavy atom. The quantitative estimate of drug-likeness (QED) is 0.473. The summed E-state index contributed by atoms with van der Waals surface area (Å²) in [6, 6.07) is 17.4. The van der Waals surface area contributed by atoms with E-state index in [1.807, 2.05) is 13.0 Å². The number of nitrogens with one attached hydrogen (secondary N) is 2. The summed E-state index contributed by atoms with van der Waals surface area (Å²) in [5.41, 5.74) is 0.226. The maximum absolute atomic E-state index is 12.5. The first-order valence-corrected chi connectivity index (χ1v) is 11.3. The van der Waals surface area contributed by atoms with E-state index in [0.717, 1.165) is 37.0 Å². The van der Waals surface area contributed by atoms with Gasteiger partial charge in [-0.1, -0.05) is 42.5 Å². The molecule has 0 radical (unpaired) electrons. The van der Waals surface area contributed by atoms with Gasteiger partial charge in [0.15, 0.2) is 0 Å². The maximum atomic E-state index is 12.5. The van der Waals surface area contributed by atoms with Crippen LogP contribution in [0.15, 0.2) is 69.2 Å². The molecule has 0 bridgehead atoms. The molecule has 2 aromatic carbocycles. The molecule has 1 aliphatic heterocycles. The molecule has 3 N–H and O–H groups in total. The van der Waals surface area contributed by atoms with E-state index >= 15 is 0 Å². The minimum Gasteiger partial charge on any atom is -0.493 e. The number of benzene rings is 2. The fraction of sp³-hybridized carbons (Fsp3) is 0.320. The molecular weight excluding hydrogens is 420 g/mol. The highest BCUT2D eigenvalue weighted by Crippen LogP contribution is 2.25. The van der Waals surface area contributed by atoms with Crippen LogP contribution in [0, 0.1) is 0 Å². The second kappa shape index (κ2) is 10.3. The van der Waals surface area contributed by atoms with Gasteiger partial charge in [0.25, 0.3) is 5.56 Å². The van der Waals surface area contributed by atoms with Crippen LogP contribution in [0.25, 0.3) is 5.69 Å². The molecule has 0 aliphatic carbocycles. The third-order valence-electron chi connectivity index (χ3n) is 5.90. The fourth-order valence-corrected chi connectivity index (χ4v) is 4.20. The fourth-order valence-electron chi connectivity index (χ4n) is 4.20. The number of rotatable bonds is 7. The number of aromatic hydroxyl groups is 1. The molecule has 0 atom stereocenters. The van der Waals surface area contributed by atoms with Crippen LogP contribution in [0.5, 0.6) is 11.6 Å². The number of piperidine rings is 1. The summed E-state index contributed by atoms with van der Waals surface area (Å²) < 4.78 is 6.62. The van der Waals surface area contributed by atoms with Gasteiger partial charge in [0.1, 0.15) is 17.9 Å². The molecule has 8 nitrogen and oxygen atoms in total. The molecule has 0 saturated carbocycles. The van der Waals surface area contributed by atoms with E-state index in [2.05, 4.69) is 34.2 Å². The smallest absolute Gasteiger partial charge is 0.335 e. The lowest BCUT2D eigenvalue weighted by atomic mass is 10.0. The van der Waals surface area contributed by atoms with E-state index in [1.54, 1.807) is 24.3 Å². The Morgan fingerprint density at radius 3 is 2.55 bits per heavy atom. The van der Waals surface area contributed by atoms with E-state index < -0.39 is 17.1 Å². The number of likely N-dealkylation sites (tertiary alicyclic amines) is 1. The first-order chi connectivity index (χ1) is 16.1. The van der Waals surface area contributed by atoms with Gasteiger partial charge < -0.3 is 14.7 Å². The lowest BCUT2D eigenvalue weighted by Crippen LogP contribution is -3.12. The second-order valence-corrected chi connectivity index (χ2v) is 8.15. The lowest BCUT2D eigenvalue weighted by molar-refractivity contribution is -0.918. The maximum Gasteiger partial charge on any atom is 0.335 e. The van der Waals surface area contributed by atoms with E-state index in [9.17, 15) is 14.7 Å². The van der Waals surface area contributed by atoms with Crippen molar-refractivity contribution in [1.29, 1.82) is 0 Å². The zero-order valence-electron chi connectivity index (χ0n) is 18.7. The Bertz CT molecular complexity index is 1230. The molecule has 0 amide bonds. The predicted molar refractivity (Wildman–Crippen MR) is 127 cm³/mol. The number of aromatic amines is 1. The summed E-state index contributed by atoms with van der Waals surface area (Å²) in [6.07, 6.45) is 3.18. The summed E-state index contributed by atoms with van der Waals surface area (Å²) in [4.78, 5) is 33.3. The average molecular weight is 450 g/mol. The van der Waals surface area contributed by atoms with E-state index in [1.165, 1.54) is 16.7 Å². The standard InChI is InChI=1S/C25H28N4O4/c1-2-33-22-11-7-6-10-21(22)29-24(31)20(23(30)27-25(29)32)16-26-19-12-14-28(15-13-19)17-18-8-4-3-5-9-18/h3-11,16,19,31H,2,12-15,17H2,1H3,(H,27,30,32)/p+1. The number of nitrogens with zero attached hydrogens (tertiary/aromatic N) is 2. The number of ether oxygens (including phenoxy) is 1. The van der Waals surface area contributed by atoms with Crippen molar-refractivity contribution in [2.75, 3.05) is 19.7 Å². The second-order valence-electron chi connectivity index (χ2n) is 8.15. The topological polar surface area (TPSA) is 101 Å². The minimum atomic E-state index is -0.736. The van der Waals surface area contributed by atoms with Crippen molar-refractivity contribution >= 4 is 6.21 Å². The third-order valence-corrected chi connectivity index (χ3v) is 5.90. The molecule has 4 rings (SSSR count). The average Bonchev–Trinajstić information content (AvgIpc) is 2.82. The largest absolute Gasteiger partial charge is 0.493 e. The van der Waals surface area contributed by atoms with Crippen molar-refractivity contribution in [1.82, 2.24) is 9.55 Å². The molecule has 2 heterocycles. The Hall–Kier alpha value is -3.65. The molecule has 33 heavy (non-hydrogen) atoms. The van der Waals surface area contributed by atoms with Crippen molar-refractivity contribution in [2.24, 2.45) is 4.99 Å². The summed E-state index contributed by atoms with van der Waals surface area (Å²) in [7, 11) is 0. The van der Waals surface area contributed by atoms with Crippen LogP contribution in [0.4, 0.5) is 0 Å². The Labute approximate surface area is 191 Å². The number of quaternary nitrogens is 1. The molecule has 8 heteroatoms. The van der Waals surface area contributed by atoms with E-state index in [4.69, 9.17) is 4.74 Å². The summed E-state index contributed by atoms with van der Waals surface area (Å²) in [5, 5.41) is 10.8. The van der Waals surface area contributed by atoms with Crippen LogP contribution >= 0.6 is 0 Å². The molecule has 172 valence electrons. The van der Waals surface area contributed by atoms with Gasteiger partial charge in [-0.15, -0.1) is 0 Å². The first-order valence-electron chi connectivity index (χ1n) is 11.3. The van der Waals surface area contributed by atoms with Crippen molar-refractivity contribution in [3.05, 3.63) is 86.6 Å². The van der Waals surface area contributed by atoms with Crippen molar-refractivity contribution in [2.45, 2.75) is 32.4 Å². The Morgan fingerprint density at radius 2 is 1.82 bits per heavy atom. The van der Waals surface area contributed by atoms with Gasteiger partial charge in [-0.05, 0) is 19.1 Å². The number of hydrogen-bond donors (Lipinski definition) is 3. The first kappa shape index (κ1) is 22.5. The normalized spacial score (nSPS) is 18.5. The predicted octanol–water partition coefficient (Wildman–Crippen LogP) is 1.30. The van der Waals surface area contributed by atoms with Gasteiger partial charge in [0.2, 0.25) is 5.88 Å². The minimum absolute atomic E-state index is 0.0417. The molecule has 1 aromatic heterocycles. The number of hydrogen-bond acceptors (Lipinski definition) is 5. The molecule has 0 spiro atoms. The number of aromatic nitrogens is 2. The van der Waals surface area contributed by atoms with Gasteiger partial charge in [0.05, 0.1) is 31.4 Å². The molecule has 1 aliphatic rings. The number of H-pyrrole nitrogens is 1. The molecule has 1 saturated heterocycles. The lowest BCUT2D eigenvalue weighted by Gasteiger charge is -2.27. The molecular formula is C25H29N4O4+. The van der Waals surface area contributed by atoms with Crippen LogP contribution in [-0.2, 0) is 6.54 Å². The van der Waals surface area contributed by atoms with Gasteiger partial charge in [0, 0.05) is 24.6 Å². The zero-order valence-corrected chi connectivity index (χ0v) is 18.7. The summed E-state index contributed by atoms with van der Waals surface area (Å²) in [6.45, 7) is 5.19. The monoisotopic (exact) mass is 449 g/mol. The molecule has 0 unspecified atom stereocenters. The van der Waals surface area contributed by atoms with Crippen LogP contribution in [0.3, 0.4) is 0 Å². The highest BCUT2D eigenvalue weighted by molar-refractivity contribution is 5.82. The molecule has 3 aromatic rings.